The number of pyridine rings is 1. The summed E-state index contributed by atoms with van der Waals surface area (Å²) < 4.78 is 6.40. The number of anilines is 1. The molecule has 0 aromatic carbocycles. The molecule has 0 saturated carbocycles. The van der Waals surface area contributed by atoms with Crippen LogP contribution in [0.1, 0.15) is 12.0 Å². The Bertz CT molecular complexity index is 342. The molecule has 1 rings (SSSR count). The first-order valence-electron chi connectivity index (χ1n) is 5.29. The molecule has 0 amide bonds. The minimum atomic E-state index is 0.676. The zero-order valence-corrected chi connectivity index (χ0v) is 11.1. The lowest BCUT2D eigenvalue weighted by molar-refractivity contribution is 0.149. The van der Waals surface area contributed by atoms with Crippen molar-refractivity contribution in [1.82, 2.24) is 4.98 Å². The summed E-state index contributed by atoms with van der Waals surface area (Å²) >= 11 is 3.50. The zero-order chi connectivity index (χ0) is 11.8. The molecule has 0 unspecified atom stereocenters. The van der Waals surface area contributed by atoms with Gasteiger partial charge in [0, 0.05) is 12.7 Å². The highest BCUT2D eigenvalue weighted by Crippen LogP contribution is 2.22. The minimum absolute atomic E-state index is 0.676. The van der Waals surface area contributed by atoms with Gasteiger partial charge in [-0.25, -0.2) is 4.98 Å². The monoisotopic (exact) mass is 284 g/mol. The fourth-order valence-electron chi connectivity index (χ4n) is 1.17. The zero-order valence-electron chi connectivity index (χ0n) is 9.50. The van der Waals surface area contributed by atoms with Crippen LogP contribution in [0.2, 0.25) is 0 Å². The van der Waals surface area contributed by atoms with Crippen molar-refractivity contribution in [3.05, 3.63) is 35.0 Å². The molecule has 0 fully saturated rings. The van der Waals surface area contributed by atoms with Crippen molar-refractivity contribution in [2.24, 2.45) is 0 Å². The summed E-state index contributed by atoms with van der Waals surface area (Å²) in [6.45, 7) is 7.84. The first kappa shape index (κ1) is 13.2. The van der Waals surface area contributed by atoms with E-state index in [1.54, 1.807) is 6.20 Å². The molecule has 1 aromatic heterocycles. The molecule has 0 aliphatic heterocycles. The molecule has 1 aromatic rings. The van der Waals surface area contributed by atoms with Gasteiger partial charge in [0.2, 0.25) is 0 Å². The van der Waals surface area contributed by atoms with Crippen molar-refractivity contribution in [1.29, 1.82) is 0 Å². The van der Waals surface area contributed by atoms with E-state index >= 15 is 0 Å². The van der Waals surface area contributed by atoms with Gasteiger partial charge in [0.05, 0.1) is 17.7 Å². The highest BCUT2D eigenvalue weighted by atomic mass is 79.9. The molecule has 0 saturated heterocycles. The molecular weight excluding hydrogens is 268 g/mol. The summed E-state index contributed by atoms with van der Waals surface area (Å²) in [5.41, 5.74) is 1.17. The van der Waals surface area contributed by atoms with E-state index in [0.717, 1.165) is 29.9 Å². The Morgan fingerprint density at radius 2 is 2.38 bits per heavy atom. The van der Waals surface area contributed by atoms with Gasteiger partial charge in [-0.3, -0.25) is 0 Å². The highest BCUT2D eigenvalue weighted by molar-refractivity contribution is 9.10. The fraction of sp³-hybridized carbons (Fsp3) is 0.417. The van der Waals surface area contributed by atoms with E-state index in [9.17, 15) is 0 Å². The number of hydrogen-bond donors (Lipinski definition) is 1. The van der Waals surface area contributed by atoms with Crippen LogP contribution in [0.5, 0.6) is 0 Å². The Balaban J connectivity index is 2.26. The van der Waals surface area contributed by atoms with Crippen molar-refractivity contribution >= 4 is 21.7 Å². The number of nitrogens with zero attached hydrogens (tertiary/aromatic N) is 1. The molecule has 4 heteroatoms. The molecule has 0 atom stereocenters. The second-order valence-corrected chi connectivity index (χ2v) is 4.20. The van der Waals surface area contributed by atoms with Gasteiger partial charge < -0.3 is 10.1 Å². The van der Waals surface area contributed by atoms with Crippen molar-refractivity contribution in [3.8, 4) is 0 Å². The lowest BCUT2D eigenvalue weighted by Crippen LogP contribution is -2.11. The van der Waals surface area contributed by atoms with Gasteiger partial charge in [-0.1, -0.05) is 6.08 Å². The maximum absolute atomic E-state index is 5.39. The first-order chi connectivity index (χ1) is 7.75. The SMILES string of the molecule is C=CCCOCCNc1nccc(C)c1Br. The Kier molecular flexibility index (Phi) is 6.11. The van der Waals surface area contributed by atoms with Crippen LogP contribution >= 0.6 is 15.9 Å². The summed E-state index contributed by atoms with van der Waals surface area (Å²) in [6, 6.07) is 1.97. The number of rotatable bonds is 7. The molecule has 1 N–H and O–H groups in total. The minimum Gasteiger partial charge on any atom is -0.379 e. The largest absolute Gasteiger partial charge is 0.379 e. The lowest BCUT2D eigenvalue weighted by Gasteiger charge is -2.09. The molecule has 16 heavy (non-hydrogen) atoms. The predicted octanol–water partition coefficient (Wildman–Crippen LogP) is 3.16. The van der Waals surface area contributed by atoms with Crippen LogP contribution in [-0.2, 0) is 4.74 Å². The van der Waals surface area contributed by atoms with Crippen LogP contribution in [0.3, 0.4) is 0 Å². The summed E-state index contributed by atoms with van der Waals surface area (Å²) in [4.78, 5) is 4.24. The standard InChI is InChI=1S/C12H17BrN2O/c1-3-4-8-16-9-7-15-12-11(13)10(2)5-6-14-12/h3,5-6H,1,4,7-9H2,2H3,(H,14,15). The van der Waals surface area contributed by atoms with Crippen molar-refractivity contribution < 1.29 is 4.74 Å². The fourth-order valence-corrected chi connectivity index (χ4v) is 1.55. The Morgan fingerprint density at radius 1 is 1.56 bits per heavy atom. The third-order valence-corrected chi connectivity index (χ3v) is 3.09. The lowest BCUT2D eigenvalue weighted by atomic mass is 10.3. The van der Waals surface area contributed by atoms with E-state index in [4.69, 9.17) is 4.74 Å². The second kappa shape index (κ2) is 7.41. The maximum atomic E-state index is 5.39. The average molecular weight is 285 g/mol. The average Bonchev–Trinajstić information content (AvgIpc) is 2.29. The van der Waals surface area contributed by atoms with Crippen LogP contribution in [0.4, 0.5) is 5.82 Å². The number of aryl methyl sites for hydroxylation is 1. The van der Waals surface area contributed by atoms with Crippen molar-refractivity contribution in [2.45, 2.75) is 13.3 Å². The van der Waals surface area contributed by atoms with E-state index in [2.05, 4.69) is 32.8 Å². The summed E-state index contributed by atoms with van der Waals surface area (Å²) in [6.07, 6.45) is 4.54. The quantitative estimate of drug-likeness (QED) is 0.617. The molecule has 0 radical (unpaired) electrons. The Morgan fingerprint density at radius 3 is 3.12 bits per heavy atom. The van der Waals surface area contributed by atoms with Crippen molar-refractivity contribution in [3.63, 3.8) is 0 Å². The third-order valence-electron chi connectivity index (χ3n) is 2.09. The van der Waals surface area contributed by atoms with E-state index in [-0.39, 0.29) is 0 Å². The highest BCUT2D eigenvalue weighted by Gasteiger charge is 2.02. The van der Waals surface area contributed by atoms with Crippen LogP contribution in [-0.4, -0.2) is 24.7 Å². The molecule has 0 aliphatic rings. The summed E-state index contributed by atoms with van der Waals surface area (Å²) in [5.74, 6) is 0.868. The van der Waals surface area contributed by atoms with E-state index in [1.807, 2.05) is 19.1 Å². The Labute approximate surface area is 105 Å². The first-order valence-corrected chi connectivity index (χ1v) is 6.08. The van der Waals surface area contributed by atoms with Crippen LogP contribution < -0.4 is 5.32 Å². The summed E-state index contributed by atoms with van der Waals surface area (Å²) in [7, 11) is 0. The number of halogens is 1. The molecule has 88 valence electrons. The van der Waals surface area contributed by atoms with Gasteiger partial charge in [0.15, 0.2) is 0 Å². The van der Waals surface area contributed by atoms with Crippen LogP contribution in [0.25, 0.3) is 0 Å². The maximum Gasteiger partial charge on any atom is 0.140 e. The second-order valence-electron chi connectivity index (χ2n) is 3.41. The van der Waals surface area contributed by atoms with Crippen molar-refractivity contribution in [2.75, 3.05) is 25.1 Å². The van der Waals surface area contributed by atoms with Gasteiger partial charge in [0.1, 0.15) is 5.82 Å². The normalized spacial score (nSPS) is 10.1. The molecule has 0 spiro atoms. The Hall–Kier alpha value is -0.870. The molecule has 1 heterocycles. The third kappa shape index (κ3) is 4.33. The number of aromatic nitrogens is 1. The molecule has 3 nitrogen and oxygen atoms in total. The smallest absolute Gasteiger partial charge is 0.140 e. The molecule has 0 bridgehead atoms. The van der Waals surface area contributed by atoms with Gasteiger partial charge in [-0.2, -0.15) is 0 Å². The van der Waals surface area contributed by atoms with Crippen LogP contribution in [0, 0.1) is 6.92 Å². The number of ether oxygens (including phenoxy) is 1. The molecule has 0 aliphatic carbocycles. The van der Waals surface area contributed by atoms with E-state index < -0.39 is 0 Å². The van der Waals surface area contributed by atoms with E-state index in [1.165, 1.54) is 5.56 Å². The van der Waals surface area contributed by atoms with Gasteiger partial charge in [-0.15, -0.1) is 6.58 Å². The predicted molar refractivity (Wildman–Crippen MR) is 70.8 cm³/mol. The molecular formula is C12H17BrN2O. The van der Waals surface area contributed by atoms with Gasteiger partial charge in [-0.05, 0) is 40.9 Å². The van der Waals surface area contributed by atoms with Gasteiger partial charge >= 0.3 is 0 Å². The number of hydrogen-bond acceptors (Lipinski definition) is 3. The summed E-state index contributed by atoms with van der Waals surface area (Å²) in [5, 5.41) is 3.22. The topological polar surface area (TPSA) is 34.1 Å². The van der Waals surface area contributed by atoms with Gasteiger partial charge in [0.25, 0.3) is 0 Å². The van der Waals surface area contributed by atoms with E-state index in [0.29, 0.717) is 6.61 Å². The number of nitrogens with one attached hydrogen (secondary N) is 1. The van der Waals surface area contributed by atoms with Crippen LogP contribution in [0.15, 0.2) is 29.4 Å².